The van der Waals surface area contributed by atoms with E-state index in [1.807, 2.05) is 0 Å². The van der Waals surface area contributed by atoms with Gasteiger partial charge in [0.25, 0.3) is 5.91 Å². The monoisotopic (exact) mass is 341 g/mol. The van der Waals surface area contributed by atoms with Crippen molar-refractivity contribution in [1.82, 2.24) is 15.2 Å². The van der Waals surface area contributed by atoms with Crippen LogP contribution in [0, 0.1) is 0 Å². The van der Waals surface area contributed by atoms with Gasteiger partial charge in [-0.25, -0.2) is 4.98 Å². The molecule has 1 unspecified atom stereocenters. The Morgan fingerprint density at radius 3 is 3.04 bits per heavy atom. The molecule has 0 saturated carbocycles. The zero-order valence-electron chi connectivity index (χ0n) is 12.9. The number of carbonyl (C=O) groups is 2. The third-order valence-electron chi connectivity index (χ3n) is 3.63. The van der Waals surface area contributed by atoms with Crippen LogP contribution in [0.2, 0.25) is 5.02 Å². The van der Waals surface area contributed by atoms with Gasteiger partial charge < -0.3 is 20.1 Å². The van der Waals surface area contributed by atoms with Crippen LogP contribution in [-0.2, 0) is 16.1 Å². The fourth-order valence-electron chi connectivity index (χ4n) is 2.38. The predicted molar refractivity (Wildman–Crippen MR) is 84.1 cm³/mol. The number of carbonyl (C=O) groups excluding carboxylic acids is 2. The number of aliphatic hydroxyl groups is 1. The van der Waals surface area contributed by atoms with Gasteiger partial charge in [-0.15, -0.1) is 0 Å². The second-order valence-corrected chi connectivity index (χ2v) is 5.79. The minimum absolute atomic E-state index is 0.0623. The van der Waals surface area contributed by atoms with Crippen LogP contribution >= 0.6 is 11.6 Å². The molecule has 7 nitrogen and oxygen atoms in total. The van der Waals surface area contributed by atoms with Crippen molar-refractivity contribution >= 4 is 23.4 Å². The Kier molecular flexibility index (Phi) is 6.18. The highest BCUT2D eigenvalue weighted by Crippen LogP contribution is 2.21. The molecule has 2 rings (SSSR count). The van der Waals surface area contributed by atoms with Crippen molar-refractivity contribution < 1.29 is 19.4 Å². The number of rotatable bonds is 5. The second-order valence-electron chi connectivity index (χ2n) is 5.38. The largest absolute Gasteiger partial charge is 0.480 e. The first kappa shape index (κ1) is 17.5. The van der Waals surface area contributed by atoms with E-state index >= 15 is 0 Å². The van der Waals surface area contributed by atoms with Gasteiger partial charge in [0.05, 0.1) is 13.7 Å². The highest BCUT2D eigenvalue weighted by atomic mass is 35.5. The summed E-state index contributed by atoms with van der Waals surface area (Å²) in [6, 6.07) is 1.66. The van der Waals surface area contributed by atoms with Crippen molar-refractivity contribution in [1.29, 1.82) is 0 Å². The molecule has 2 heterocycles. The number of amides is 2. The van der Waals surface area contributed by atoms with Gasteiger partial charge in [-0.2, -0.15) is 0 Å². The van der Waals surface area contributed by atoms with E-state index in [9.17, 15) is 14.7 Å². The molecule has 1 saturated heterocycles. The lowest BCUT2D eigenvalue weighted by atomic mass is 10.2. The van der Waals surface area contributed by atoms with Crippen LogP contribution in [-0.4, -0.2) is 53.1 Å². The molecule has 0 radical (unpaired) electrons. The molecule has 1 aromatic rings. The van der Waals surface area contributed by atoms with E-state index in [1.165, 1.54) is 12.0 Å². The quantitative estimate of drug-likeness (QED) is 0.824. The van der Waals surface area contributed by atoms with E-state index in [1.54, 1.807) is 12.3 Å². The Balaban J connectivity index is 1.87. The number of ether oxygens (including phenoxy) is 1. The summed E-state index contributed by atoms with van der Waals surface area (Å²) in [5.41, 5.74) is 0.728. The summed E-state index contributed by atoms with van der Waals surface area (Å²) in [4.78, 5) is 29.3. The third kappa shape index (κ3) is 4.80. The van der Waals surface area contributed by atoms with Gasteiger partial charge in [0, 0.05) is 19.3 Å². The van der Waals surface area contributed by atoms with E-state index in [4.69, 9.17) is 16.3 Å². The van der Waals surface area contributed by atoms with Gasteiger partial charge in [-0.3, -0.25) is 9.59 Å². The number of pyridine rings is 1. The molecule has 2 N–H and O–H groups in total. The summed E-state index contributed by atoms with van der Waals surface area (Å²) >= 11 is 5.97. The number of hydrogen-bond donors (Lipinski definition) is 2. The average Bonchev–Trinajstić information content (AvgIpc) is 2.69. The smallest absolute Gasteiger partial charge is 0.251 e. The Hall–Kier alpha value is -1.86. The molecule has 1 aliphatic heterocycles. The van der Waals surface area contributed by atoms with Crippen LogP contribution in [0.5, 0.6) is 5.88 Å². The summed E-state index contributed by atoms with van der Waals surface area (Å²) in [6.45, 7) is 0.673. The van der Waals surface area contributed by atoms with Gasteiger partial charge in [0.1, 0.15) is 11.1 Å². The standard InChI is InChI=1S/C15H20ClN3O4/c1-23-14-11(16)6-10(8-18-14)7-17-13(21)9-19-5-3-2-4-12(20)15(19)22/h6,8,12,20H,2-5,7,9H2,1H3,(H,17,21). The van der Waals surface area contributed by atoms with E-state index < -0.39 is 6.10 Å². The van der Waals surface area contributed by atoms with Crippen LogP contribution in [0.3, 0.4) is 0 Å². The molecule has 2 amide bonds. The van der Waals surface area contributed by atoms with E-state index in [0.29, 0.717) is 23.9 Å². The Morgan fingerprint density at radius 2 is 2.35 bits per heavy atom. The van der Waals surface area contributed by atoms with Gasteiger partial charge in [-0.1, -0.05) is 11.6 Å². The third-order valence-corrected chi connectivity index (χ3v) is 3.90. The lowest BCUT2D eigenvalue weighted by Gasteiger charge is -2.21. The molecule has 1 aromatic heterocycles. The summed E-state index contributed by atoms with van der Waals surface area (Å²) < 4.78 is 4.96. The van der Waals surface area contributed by atoms with Crippen LogP contribution in [0.4, 0.5) is 0 Å². The molecule has 0 aromatic carbocycles. The van der Waals surface area contributed by atoms with E-state index in [-0.39, 0.29) is 24.9 Å². The van der Waals surface area contributed by atoms with E-state index in [2.05, 4.69) is 10.3 Å². The van der Waals surface area contributed by atoms with Crippen LogP contribution in [0.15, 0.2) is 12.3 Å². The summed E-state index contributed by atoms with van der Waals surface area (Å²) in [5.74, 6) is -0.350. The van der Waals surface area contributed by atoms with Crippen LogP contribution in [0.1, 0.15) is 24.8 Å². The maximum absolute atomic E-state index is 12.0. The van der Waals surface area contributed by atoms with Crippen molar-refractivity contribution in [3.63, 3.8) is 0 Å². The number of hydrogen-bond acceptors (Lipinski definition) is 5. The number of halogens is 1. The maximum atomic E-state index is 12.0. The topological polar surface area (TPSA) is 91.8 Å². The SMILES string of the molecule is COc1ncc(CNC(=O)CN2CCCCC(O)C2=O)cc1Cl. The highest BCUT2D eigenvalue weighted by molar-refractivity contribution is 6.31. The molecule has 8 heteroatoms. The molecular formula is C15H20ClN3O4. The number of aromatic nitrogens is 1. The molecule has 0 bridgehead atoms. The lowest BCUT2D eigenvalue weighted by Crippen LogP contribution is -2.44. The molecule has 1 fully saturated rings. The first-order valence-corrected chi connectivity index (χ1v) is 7.81. The van der Waals surface area contributed by atoms with Gasteiger partial charge >= 0.3 is 0 Å². The van der Waals surface area contributed by atoms with Crippen molar-refractivity contribution in [3.05, 3.63) is 22.8 Å². The minimum atomic E-state index is -1.00. The van der Waals surface area contributed by atoms with Gasteiger partial charge in [-0.05, 0) is 30.9 Å². The van der Waals surface area contributed by atoms with Crippen molar-refractivity contribution in [2.45, 2.75) is 31.9 Å². The Morgan fingerprint density at radius 1 is 1.57 bits per heavy atom. The molecule has 0 aliphatic carbocycles. The average molecular weight is 342 g/mol. The first-order chi connectivity index (χ1) is 11.0. The molecule has 0 spiro atoms. The fraction of sp³-hybridized carbons (Fsp3) is 0.533. The Bertz CT molecular complexity index is 582. The predicted octanol–water partition coefficient (Wildman–Crippen LogP) is 0.733. The van der Waals surface area contributed by atoms with Gasteiger partial charge in [0.2, 0.25) is 11.8 Å². The zero-order valence-corrected chi connectivity index (χ0v) is 13.7. The molecule has 1 atom stereocenters. The first-order valence-electron chi connectivity index (χ1n) is 7.43. The molecule has 1 aliphatic rings. The van der Waals surface area contributed by atoms with Crippen molar-refractivity contribution in [2.24, 2.45) is 0 Å². The normalized spacial score (nSPS) is 18.5. The van der Waals surface area contributed by atoms with Gasteiger partial charge in [0.15, 0.2) is 0 Å². The minimum Gasteiger partial charge on any atom is -0.480 e. The number of aliphatic hydroxyl groups excluding tert-OH is 1. The maximum Gasteiger partial charge on any atom is 0.251 e. The van der Waals surface area contributed by atoms with Crippen molar-refractivity contribution in [2.75, 3.05) is 20.2 Å². The molecule has 23 heavy (non-hydrogen) atoms. The summed E-state index contributed by atoms with van der Waals surface area (Å²) in [7, 11) is 1.47. The summed E-state index contributed by atoms with van der Waals surface area (Å²) in [5, 5.41) is 12.7. The fourth-order valence-corrected chi connectivity index (χ4v) is 2.65. The number of likely N-dealkylation sites (tertiary alicyclic amines) is 1. The number of methoxy groups -OCH3 is 1. The molecule has 126 valence electrons. The Labute approximate surface area is 139 Å². The van der Waals surface area contributed by atoms with Crippen molar-refractivity contribution in [3.8, 4) is 5.88 Å². The zero-order chi connectivity index (χ0) is 16.8. The second kappa shape index (κ2) is 8.12. The van der Waals surface area contributed by atoms with E-state index in [0.717, 1.165) is 18.4 Å². The number of nitrogens with one attached hydrogen (secondary N) is 1. The molecular weight excluding hydrogens is 322 g/mol. The highest BCUT2D eigenvalue weighted by Gasteiger charge is 2.26. The van der Waals surface area contributed by atoms with Crippen LogP contribution < -0.4 is 10.1 Å². The summed E-state index contributed by atoms with van der Waals surface area (Å²) in [6.07, 6.45) is 2.57. The van der Waals surface area contributed by atoms with Crippen LogP contribution in [0.25, 0.3) is 0 Å². The lowest BCUT2D eigenvalue weighted by molar-refractivity contribution is -0.142. The number of nitrogens with zero attached hydrogens (tertiary/aromatic N) is 2.